The van der Waals surface area contributed by atoms with E-state index in [9.17, 15) is 0 Å². The van der Waals surface area contributed by atoms with Crippen molar-refractivity contribution in [1.82, 2.24) is 0 Å². The van der Waals surface area contributed by atoms with Gasteiger partial charge in [0, 0.05) is 5.38 Å². The molecule has 2 unspecified atom stereocenters. The van der Waals surface area contributed by atoms with E-state index in [0.29, 0.717) is 11.3 Å². The first-order valence-electron chi connectivity index (χ1n) is 2.18. The summed E-state index contributed by atoms with van der Waals surface area (Å²) in [7, 11) is 0. The van der Waals surface area contributed by atoms with Crippen molar-refractivity contribution in [3.05, 3.63) is 0 Å². The van der Waals surface area contributed by atoms with Gasteiger partial charge < -0.3 is 5.73 Å². The normalized spacial score (nSPS) is 43.0. The molecule has 2 heteroatoms. The summed E-state index contributed by atoms with van der Waals surface area (Å²) in [4.78, 5) is 0. The zero-order valence-corrected chi connectivity index (χ0v) is 4.28. The molecule has 0 amide bonds. The maximum atomic E-state index is 5.57. The Balaban J connectivity index is 2.09. The molecule has 6 heavy (non-hydrogen) atoms. The van der Waals surface area contributed by atoms with Gasteiger partial charge in [-0.05, 0) is 18.9 Å². The summed E-state index contributed by atoms with van der Waals surface area (Å²) in [5.74, 6) is 0.645. The first kappa shape index (κ1) is 4.41. The summed E-state index contributed by atoms with van der Waals surface area (Å²) >= 11 is 5.57. The smallest absolute Gasteiger partial charge is 0.0380 e. The highest BCUT2D eigenvalue weighted by Crippen LogP contribution is 2.34. The summed E-state index contributed by atoms with van der Waals surface area (Å²) in [6.07, 6.45) is 1.14. The van der Waals surface area contributed by atoms with Crippen LogP contribution in [0.3, 0.4) is 0 Å². The molecule has 1 nitrogen and oxygen atoms in total. The highest BCUT2D eigenvalue weighted by atomic mass is 35.5. The topological polar surface area (TPSA) is 26.0 Å². The van der Waals surface area contributed by atoms with E-state index in [1.54, 1.807) is 0 Å². The minimum atomic E-state index is 0.412. The molecule has 0 radical (unpaired) electrons. The average Bonchev–Trinajstić information content (AvgIpc) is 2.19. The number of hydrogen-bond acceptors (Lipinski definition) is 1. The zero-order valence-electron chi connectivity index (χ0n) is 3.52. The third kappa shape index (κ3) is 0.660. The number of halogens is 1. The van der Waals surface area contributed by atoms with Crippen molar-refractivity contribution in [2.24, 2.45) is 11.7 Å². The first-order valence-corrected chi connectivity index (χ1v) is 2.62. The maximum absolute atomic E-state index is 5.57. The van der Waals surface area contributed by atoms with Crippen molar-refractivity contribution in [3.8, 4) is 0 Å². The van der Waals surface area contributed by atoms with Gasteiger partial charge in [-0.1, -0.05) is 0 Å². The van der Waals surface area contributed by atoms with E-state index >= 15 is 0 Å². The van der Waals surface area contributed by atoms with Crippen LogP contribution in [0.25, 0.3) is 0 Å². The molecule has 0 aromatic rings. The highest BCUT2D eigenvalue weighted by molar-refractivity contribution is 6.22. The molecule has 0 saturated heterocycles. The zero-order chi connectivity index (χ0) is 4.57. The lowest BCUT2D eigenvalue weighted by Crippen LogP contribution is -2.01. The van der Waals surface area contributed by atoms with Gasteiger partial charge in [0.1, 0.15) is 0 Å². The van der Waals surface area contributed by atoms with Crippen molar-refractivity contribution in [1.29, 1.82) is 0 Å². The molecule has 0 heterocycles. The first-order chi connectivity index (χ1) is 2.84. The van der Waals surface area contributed by atoms with Gasteiger partial charge in [-0.15, -0.1) is 11.6 Å². The predicted octanol–water partition coefficient (Wildman–Crippen LogP) is 0.572. The van der Waals surface area contributed by atoms with Gasteiger partial charge in [0.05, 0.1) is 0 Å². The van der Waals surface area contributed by atoms with Crippen LogP contribution in [-0.4, -0.2) is 11.9 Å². The molecular weight excluding hydrogens is 97.5 g/mol. The molecule has 0 aromatic carbocycles. The SMILES string of the molecule is NCC1CC1Cl. The molecule has 2 N–H and O–H groups in total. The van der Waals surface area contributed by atoms with E-state index in [-0.39, 0.29) is 0 Å². The molecule has 36 valence electrons. The summed E-state index contributed by atoms with van der Waals surface area (Å²) in [5, 5.41) is 0.412. The Labute approximate surface area is 42.5 Å². The fourth-order valence-corrected chi connectivity index (χ4v) is 0.786. The Bertz CT molecular complexity index is 53.5. The van der Waals surface area contributed by atoms with E-state index in [4.69, 9.17) is 17.3 Å². The molecular formula is C4H8ClN. The van der Waals surface area contributed by atoms with Gasteiger partial charge in [0.2, 0.25) is 0 Å². The molecule has 1 fully saturated rings. The van der Waals surface area contributed by atoms with Crippen molar-refractivity contribution < 1.29 is 0 Å². The van der Waals surface area contributed by atoms with Crippen LogP contribution >= 0.6 is 11.6 Å². The lowest BCUT2D eigenvalue weighted by Gasteiger charge is -1.78. The lowest BCUT2D eigenvalue weighted by molar-refractivity contribution is 0.849. The van der Waals surface area contributed by atoms with E-state index in [1.807, 2.05) is 0 Å². The van der Waals surface area contributed by atoms with Crippen LogP contribution in [0, 0.1) is 5.92 Å². The summed E-state index contributed by atoms with van der Waals surface area (Å²) in [6, 6.07) is 0. The van der Waals surface area contributed by atoms with E-state index in [1.165, 1.54) is 0 Å². The summed E-state index contributed by atoms with van der Waals surface area (Å²) in [6.45, 7) is 0.772. The molecule has 1 aliphatic rings. The van der Waals surface area contributed by atoms with E-state index < -0.39 is 0 Å². The van der Waals surface area contributed by atoms with Gasteiger partial charge in [-0.2, -0.15) is 0 Å². The number of nitrogens with two attached hydrogens (primary N) is 1. The minimum Gasteiger partial charge on any atom is -0.330 e. The van der Waals surface area contributed by atoms with Crippen LogP contribution < -0.4 is 5.73 Å². The molecule has 1 saturated carbocycles. The summed E-state index contributed by atoms with van der Waals surface area (Å²) < 4.78 is 0. The third-order valence-electron chi connectivity index (χ3n) is 1.14. The Morgan fingerprint density at radius 2 is 2.33 bits per heavy atom. The fourth-order valence-electron chi connectivity index (χ4n) is 0.455. The monoisotopic (exact) mass is 105 g/mol. The van der Waals surface area contributed by atoms with Gasteiger partial charge in [0.25, 0.3) is 0 Å². The quantitative estimate of drug-likeness (QED) is 0.485. The van der Waals surface area contributed by atoms with E-state index in [2.05, 4.69) is 0 Å². The van der Waals surface area contributed by atoms with Crippen LogP contribution in [-0.2, 0) is 0 Å². The molecule has 2 atom stereocenters. The Morgan fingerprint density at radius 3 is 2.33 bits per heavy atom. The van der Waals surface area contributed by atoms with Crippen LogP contribution in [0.15, 0.2) is 0 Å². The number of rotatable bonds is 1. The van der Waals surface area contributed by atoms with Gasteiger partial charge >= 0.3 is 0 Å². The second-order valence-corrected chi connectivity index (χ2v) is 2.31. The largest absolute Gasteiger partial charge is 0.330 e. The number of hydrogen-bond donors (Lipinski definition) is 1. The van der Waals surface area contributed by atoms with Crippen LogP contribution in [0.4, 0.5) is 0 Å². The van der Waals surface area contributed by atoms with Crippen molar-refractivity contribution in [2.75, 3.05) is 6.54 Å². The van der Waals surface area contributed by atoms with Crippen molar-refractivity contribution >= 4 is 11.6 Å². The van der Waals surface area contributed by atoms with E-state index in [0.717, 1.165) is 13.0 Å². The van der Waals surface area contributed by atoms with Crippen LogP contribution in [0.1, 0.15) is 6.42 Å². The van der Waals surface area contributed by atoms with Crippen LogP contribution in [0.2, 0.25) is 0 Å². The number of alkyl halides is 1. The molecule has 0 bridgehead atoms. The highest BCUT2D eigenvalue weighted by Gasteiger charge is 2.33. The molecule has 0 aliphatic heterocycles. The average molecular weight is 106 g/mol. The third-order valence-corrected chi connectivity index (χ3v) is 1.67. The maximum Gasteiger partial charge on any atom is 0.0380 e. The second kappa shape index (κ2) is 1.39. The van der Waals surface area contributed by atoms with Gasteiger partial charge in [-0.25, -0.2) is 0 Å². The molecule has 1 rings (SSSR count). The molecule has 0 aromatic heterocycles. The Kier molecular flexibility index (Phi) is 1.02. The van der Waals surface area contributed by atoms with Crippen molar-refractivity contribution in [2.45, 2.75) is 11.8 Å². The fraction of sp³-hybridized carbons (Fsp3) is 1.00. The second-order valence-electron chi connectivity index (χ2n) is 1.75. The Hall–Kier alpha value is 0.250. The molecule has 0 spiro atoms. The Morgan fingerprint density at radius 1 is 1.83 bits per heavy atom. The summed E-state index contributed by atoms with van der Waals surface area (Å²) in [5.41, 5.74) is 5.24. The molecule has 1 aliphatic carbocycles. The van der Waals surface area contributed by atoms with Crippen molar-refractivity contribution in [3.63, 3.8) is 0 Å². The lowest BCUT2D eigenvalue weighted by atomic mass is 10.4. The van der Waals surface area contributed by atoms with Crippen LogP contribution in [0.5, 0.6) is 0 Å². The predicted molar refractivity (Wildman–Crippen MR) is 26.8 cm³/mol. The standard InChI is InChI=1S/C4H8ClN/c5-4-1-3(4)2-6/h3-4H,1-2,6H2. The van der Waals surface area contributed by atoms with Gasteiger partial charge in [0.15, 0.2) is 0 Å². The van der Waals surface area contributed by atoms with Gasteiger partial charge in [-0.3, -0.25) is 0 Å². The minimum absolute atomic E-state index is 0.412.